The lowest BCUT2D eigenvalue weighted by molar-refractivity contribution is 0.262. The Hall–Kier alpha value is -3.32. The summed E-state index contributed by atoms with van der Waals surface area (Å²) in [5.74, 6) is 3.01. The molecule has 3 aromatic rings. The second-order valence-corrected chi connectivity index (χ2v) is 10.3. The van der Waals surface area contributed by atoms with Crippen LogP contribution in [0.3, 0.4) is 0 Å². The van der Waals surface area contributed by atoms with E-state index in [1.54, 1.807) is 6.20 Å². The molecule has 5 rings (SSSR count). The lowest BCUT2D eigenvalue weighted by Gasteiger charge is -2.33. The Morgan fingerprint density at radius 1 is 1.00 bits per heavy atom. The molecule has 0 bridgehead atoms. The highest BCUT2D eigenvalue weighted by Crippen LogP contribution is 2.26. The summed E-state index contributed by atoms with van der Waals surface area (Å²) in [6.45, 7) is 9.55. The first-order valence-corrected chi connectivity index (χ1v) is 13.8. The highest BCUT2D eigenvalue weighted by atomic mass is 16.5. The summed E-state index contributed by atoms with van der Waals surface area (Å²) in [6.07, 6.45) is 7.89. The molecule has 0 atom stereocenters. The zero-order valence-electron chi connectivity index (χ0n) is 22.0. The minimum atomic E-state index is 0. The fourth-order valence-corrected chi connectivity index (χ4v) is 5.24. The first kappa shape index (κ1) is 25.3. The number of anilines is 4. The number of hydrogen-bond acceptors (Lipinski definition) is 7. The third-order valence-corrected chi connectivity index (χ3v) is 7.48. The lowest BCUT2D eigenvalue weighted by atomic mass is 9.96. The number of benzene rings is 2. The molecule has 2 aliphatic heterocycles. The van der Waals surface area contributed by atoms with Gasteiger partial charge in [-0.3, -0.25) is 0 Å². The van der Waals surface area contributed by atoms with Crippen LogP contribution in [0, 0.1) is 12.8 Å². The Labute approximate surface area is 224 Å². The molecule has 200 valence electrons. The number of aryl methyl sites for hydroxylation is 1. The molecule has 2 N–H and O–H groups in total. The summed E-state index contributed by atoms with van der Waals surface area (Å²) in [7, 11) is 0. The summed E-state index contributed by atoms with van der Waals surface area (Å²) in [5.41, 5.74) is 3.40. The summed E-state index contributed by atoms with van der Waals surface area (Å²) in [6, 6.07) is 18.8. The highest BCUT2D eigenvalue weighted by molar-refractivity contribution is 5.58. The topological polar surface area (TPSA) is 65.5 Å². The largest absolute Gasteiger partial charge is 0.493 e. The molecule has 3 heterocycles. The summed E-state index contributed by atoms with van der Waals surface area (Å²) >= 11 is 0. The summed E-state index contributed by atoms with van der Waals surface area (Å²) < 4.78 is 6.12. The molecule has 0 amide bonds. The number of rotatable bonds is 11. The smallest absolute Gasteiger partial charge is 0.229 e. The van der Waals surface area contributed by atoms with Crippen molar-refractivity contribution in [2.24, 2.45) is 5.92 Å². The number of likely N-dealkylation sites (tertiary alicyclic amines) is 1. The zero-order valence-corrected chi connectivity index (χ0v) is 22.0. The Bertz CT molecular complexity index is 1120. The van der Waals surface area contributed by atoms with Gasteiger partial charge in [0.05, 0.1) is 6.61 Å². The average Bonchev–Trinajstić information content (AvgIpc) is 3.46. The Balaban J connectivity index is 0.00000210. The molecular weight excluding hydrogens is 460 g/mol. The van der Waals surface area contributed by atoms with Crippen LogP contribution in [0.4, 0.5) is 23.1 Å². The van der Waals surface area contributed by atoms with Gasteiger partial charge in [0.25, 0.3) is 0 Å². The first-order chi connectivity index (χ1) is 18.2. The molecule has 37 heavy (non-hydrogen) atoms. The van der Waals surface area contributed by atoms with Gasteiger partial charge in [0.15, 0.2) is 0 Å². The van der Waals surface area contributed by atoms with Gasteiger partial charge in [-0.1, -0.05) is 24.3 Å². The van der Waals surface area contributed by atoms with Crippen LogP contribution in [0.2, 0.25) is 0 Å². The van der Waals surface area contributed by atoms with E-state index in [9.17, 15) is 0 Å². The van der Waals surface area contributed by atoms with E-state index >= 15 is 0 Å². The third kappa shape index (κ3) is 7.35. The molecule has 0 aliphatic carbocycles. The molecule has 0 spiro atoms. The van der Waals surface area contributed by atoms with Gasteiger partial charge in [0.1, 0.15) is 11.6 Å². The van der Waals surface area contributed by atoms with Gasteiger partial charge in [-0.2, -0.15) is 4.98 Å². The number of ether oxygens (including phenoxy) is 1. The van der Waals surface area contributed by atoms with Crippen molar-refractivity contribution in [3.05, 3.63) is 66.4 Å². The van der Waals surface area contributed by atoms with Gasteiger partial charge in [-0.25, -0.2) is 4.98 Å². The van der Waals surface area contributed by atoms with Crippen molar-refractivity contribution in [1.82, 2.24) is 14.9 Å². The van der Waals surface area contributed by atoms with Crippen LogP contribution in [0.15, 0.2) is 60.8 Å². The minimum Gasteiger partial charge on any atom is -0.493 e. The van der Waals surface area contributed by atoms with Crippen molar-refractivity contribution in [2.45, 2.75) is 39.0 Å². The van der Waals surface area contributed by atoms with Gasteiger partial charge in [0.2, 0.25) is 5.95 Å². The van der Waals surface area contributed by atoms with E-state index in [4.69, 9.17) is 9.72 Å². The van der Waals surface area contributed by atoms with Crippen molar-refractivity contribution in [3.63, 3.8) is 0 Å². The van der Waals surface area contributed by atoms with Crippen molar-refractivity contribution in [1.29, 1.82) is 0 Å². The maximum absolute atomic E-state index is 6.12. The van der Waals surface area contributed by atoms with Crippen LogP contribution < -0.4 is 20.3 Å². The van der Waals surface area contributed by atoms with Crippen LogP contribution in [0.5, 0.6) is 5.75 Å². The summed E-state index contributed by atoms with van der Waals surface area (Å²) in [5, 5.41) is 6.89. The van der Waals surface area contributed by atoms with Crippen LogP contribution in [0.1, 0.15) is 40.5 Å². The minimum absolute atomic E-state index is 0. The zero-order chi connectivity index (χ0) is 25.3. The van der Waals surface area contributed by atoms with Gasteiger partial charge in [-0.15, -0.1) is 0 Å². The van der Waals surface area contributed by atoms with Crippen molar-refractivity contribution >= 4 is 23.1 Å². The van der Waals surface area contributed by atoms with E-state index in [1.165, 1.54) is 44.5 Å². The second kappa shape index (κ2) is 12.8. The molecule has 7 nitrogen and oxygen atoms in total. The first-order valence-electron chi connectivity index (χ1n) is 13.8. The van der Waals surface area contributed by atoms with Crippen LogP contribution in [-0.2, 0) is 0 Å². The maximum Gasteiger partial charge on any atom is 0.229 e. The molecule has 2 aromatic carbocycles. The van der Waals surface area contributed by atoms with E-state index in [-0.39, 0.29) is 2.85 Å². The Kier molecular flexibility index (Phi) is 8.74. The Morgan fingerprint density at radius 3 is 2.62 bits per heavy atom. The normalized spacial score (nSPS) is 16.6. The second-order valence-electron chi connectivity index (χ2n) is 10.3. The van der Waals surface area contributed by atoms with Crippen LogP contribution in [-0.4, -0.2) is 60.7 Å². The van der Waals surface area contributed by atoms with E-state index in [1.807, 2.05) is 6.07 Å². The van der Waals surface area contributed by atoms with Gasteiger partial charge >= 0.3 is 0 Å². The monoisotopic (exact) mass is 504 g/mol. The molecule has 1 aromatic heterocycles. The van der Waals surface area contributed by atoms with Gasteiger partial charge in [-0.05, 0) is 87.9 Å². The Morgan fingerprint density at radius 2 is 1.81 bits per heavy atom. The highest BCUT2D eigenvalue weighted by Gasteiger charge is 2.19. The predicted molar refractivity (Wildman–Crippen MR) is 156 cm³/mol. The third-order valence-electron chi connectivity index (χ3n) is 7.48. The van der Waals surface area contributed by atoms with Gasteiger partial charge < -0.3 is 25.2 Å². The van der Waals surface area contributed by atoms with Gasteiger partial charge in [0, 0.05) is 52.7 Å². The standard InChI is InChI=1S/C30H40N6O.2H2/c1-24-10-11-26(22-28(24)37-21-7-18-35-16-5-6-17-35)33-30-31-15-12-29(34-30)32-23-25-13-19-36(20-14-25)27-8-3-2-4-9-27;;/h2-4,8-12,15,22,25H,5-7,13-14,16-21,23H2,1H3,(H2,31,32,33,34);2*1H. The average molecular weight is 505 g/mol. The lowest BCUT2D eigenvalue weighted by Crippen LogP contribution is -2.35. The van der Waals surface area contributed by atoms with E-state index in [2.05, 4.69) is 80.9 Å². The number of hydrogen-bond donors (Lipinski definition) is 2. The van der Waals surface area contributed by atoms with E-state index in [0.717, 1.165) is 62.0 Å². The summed E-state index contributed by atoms with van der Waals surface area (Å²) in [4.78, 5) is 14.1. The number of aromatic nitrogens is 2. The number of para-hydroxylation sites is 1. The number of piperidine rings is 1. The SMILES string of the molecule is Cc1ccc(Nc2nccc(NCC3CCN(c4ccccc4)CC3)n2)cc1OCCCN1CCCC1.[HH].[HH]. The molecule has 0 unspecified atom stereocenters. The fourth-order valence-electron chi connectivity index (χ4n) is 5.24. The predicted octanol–water partition coefficient (Wildman–Crippen LogP) is 6.21. The molecular formula is C30H44N6O. The molecule has 2 saturated heterocycles. The molecule has 2 aliphatic rings. The fraction of sp³-hybridized carbons (Fsp3) is 0.467. The van der Waals surface area contributed by atoms with Crippen molar-refractivity contribution in [3.8, 4) is 5.75 Å². The number of nitrogens with one attached hydrogen (secondary N) is 2. The van der Waals surface area contributed by atoms with Crippen LogP contribution >= 0.6 is 0 Å². The van der Waals surface area contributed by atoms with Crippen molar-refractivity contribution in [2.75, 3.05) is 61.4 Å². The molecule has 0 radical (unpaired) electrons. The van der Waals surface area contributed by atoms with E-state index in [0.29, 0.717) is 11.9 Å². The number of nitrogens with zero attached hydrogens (tertiary/aromatic N) is 4. The maximum atomic E-state index is 6.12. The molecule has 0 saturated carbocycles. The molecule has 7 heteroatoms. The van der Waals surface area contributed by atoms with E-state index < -0.39 is 0 Å². The van der Waals surface area contributed by atoms with Crippen LogP contribution in [0.25, 0.3) is 0 Å². The quantitative estimate of drug-likeness (QED) is 0.301. The molecule has 2 fully saturated rings. The van der Waals surface area contributed by atoms with Crippen molar-refractivity contribution < 1.29 is 7.59 Å².